The largest absolute Gasteiger partial charge is 0.388 e. The minimum atomic E-state index is -0.379. The summed E-state index contributed by atoms with van der Waals surface area (Å²) in [6, 6.07) is 30.9. The van der Waals surface area contributed by atoms with Crippen molar-refractivity contribution < 1.29 is 9.84 Å². The number of piperazine rings is 1. The SMILES string of the molecule is CC.CC.OC(CCN1CCN(CCOC(c2ccccc2)c2ccccc2)CC1)c1ccccc1. The molecule has 3 aromatic rings. The molecule has 1 atom stereocenters. The fraction of sp³-hybridized carbons (Fsp3) is 0.438. The van der Waals surface area contributed by atoms with Gasteiger partial charge >= 0.3 is 0 Å². The Balaban J connectivity index is 0.00000109. The molecule has 1 saturated heterocycles. The van der Waals surface area contributed by atoms with Gasteiger partial charge in [0.1, 0.15) is 6.10 Å². The van der Waals surface area contributed by atoms with Crippen molar-refractivity contribution in [3.63, 3.8) is 0 Å². The summed E-state index contributed by atoms with van der Waals surface area (Å²) in [5, 5.41) is 10.4. The van der Waals surface area contributed by atoms with Crippen LogP contribution in [-0.4, -0.2) is 60.8 Å². The molecular formula is C32H46N2O2. The molecule has 1 heterocycles. The highest BCUT2D eigenvalue weighted by molar-refractivity contribution is 5.29. The second-order valence-corrected chi connectivity index (χ2v) is 8.47. The van der Waals surface area contributed by atoms with E-state index < -0.39 is 0 Å². The van der Waals surface area contributed by atoms with Crippen molar-refractivity contribution in [2.45, 2.75) is 46.3 Å². The number of ether oxygens (including phenoxy) is 1. The molecule has 0 saturated carbocycles. The summed E-state index contributed by atoms with van der Waals surface area (Å²) >= 11 is 0. The third kappa shape index (κ3) is 9.87. The Labute approximate surface area is 219 Å². The fourth-order valence-corrected chi connectivity index (χ4v) is 4.32. The van der Waals surface area contributed by atoms with E-state index in [1.54, 1.807) is 0 Å². The predicted octanol–water partition coefficient (Wildman–Crippen LogP) is 6.59. The number of aliphatic hydroxyl groups excluding tert-OH is 1. The minimum Gasteiger partial charge on any atom is -0.388 e. The zero-order valence-electron chi connectivity index (χ0n) is 22.7. The van der Waals surface area contributed by atoms with Crippen LogP contribution in [0.2, 0.25) is 0 Å². The van der Waals surface area contributed by atoms with Gasteiger partial charge in [0.25, 0.3) is 0 Å². The molecule has 3 aromatic carbocycles. The summed E-state index contributed by atoms with van der Waals surface area (Å²) in [5.74, 6) is 0. The molecule has 4 rings (SSSR count). The molecule has 0 aromatic heterocycles. The number of rotatable bonds is 10. The van der Waals surface area contributed by atoms with Crippen LogP contribution < -0.4 is 0 Å². The summed E-state index contributed by atoms with van der Waals surface area (Å²) in [7, 11) is 0. The molecule has 0 radical (unpaired) electrons. The number of benzene rings is 3. The number of hydrogen-bond acceptors (Lipinski definition) is 4. The smallest absolute Gasteiger partial charge is 0.108 e. The molecule has 196 valence electrons. The van der Waals surface area contributed by atoms with E-state index >= 15 is 0 Å². The Morgan fingerprint density at radius 1 is 0.611 bits per heavy atom. The van der Waals surface area contributed by atoms with Gasteiger partial charge in [-0.25, -0.2) is 0 Å². The van der Waals surface area contributed by atoms with Crippen molar-refractivity contribution in [3.05, 3.63) is 108 Å². The molecule has 4 nitrogen and oxygen atoms in total. The lowest BCUT2D eigenvalue weighted by molar-refractivity contribution is 0.0426. The molecule has 1 aliphatic heterocycles. The first kappa shape index (κ1) is 29.7. The summed E-state index contributed by atoms with van der Waals surface area (Å²) in [5.41, 5.74) is 3.40. The lowest BCUT2D eigenvalue weighted by atomic mass is 10.0. The number of nitrogens with zero attached hydrogens (tertiary/aromatic N) is 2. The third-order valence-corrected chi connectivity index (χ3v) is 6.26. The monoisotopic (exact) mass is 490 g/mol. The van der Waals surface area contributed by atoms with Crippen molar-refractivity contribution >= 4 is 0 Å². The van der Waals surface area contributed by atoms with E-state index in [9.17, 15) is 5.11 Å². The van der Waals surface area contributed by atoms with E-state index in [0.717, 1.165) is 51.3 Å². The van der Waals surface area contributed by atoms with E-state index in [0.29, 0.717) is 6.61 Å². The van der Waals surface area contributed by atoms with Crippen LogP contribution in [0.25, 0.3) is 0 Å². The summed E-state index contributed by atoms with van der Waals surface area (Å²) in [4.78, 5) is 4.94. The second-order valence-electron chi connectivity index (χ2n) is 8.47. The highest BCUT2D eigenvalue weighted by Crippen LogP contribution is 2.25. The zero-order valence-corrected chi connectivity index (χ0v) is 22.7. The van der Waals surface area contributed by atoms with E-state index in [1.165, 1.54) is 11.1 Å². The number of aliphatic hydroxyl groups is 1. The maximum atomic E-state index is 10.4. The zero-order chi connectivity index (χ0) is 26.0. The highest BCUT2D eigenvalue weighted by Gasteiger charge is 2.19. The Hall–Kier alpha value is -2.50. The Morgan fingerprint density at radius 3 is 1.44 bits per heavy atom. The predicted molar refractivity (Wildman–Crippen MR) is 152 cm³/mol. The molecule has 36 heavy (non-hydrogen) atoms. The highest BCUT2D eigenvalue weighted by atomic mass is 16.5. The van der Waals surface area contributed by atoms with Crippen molar-refractivity contribution in [2.75, 3.05) is 45.9 Å². The van der Waals surface area contributed by atoms with Crippen LogP contribution in [0.4, 0.5) is 0 Å². The van der Waals surface area contributed by atoms with Crippen molar-refractivity contribution in [3.8, 4) is 0 Å². The molecule has 0 spiro atoms. The molecule has 0 bridgehead atoms. The summed E-state index contributed by atoms with van der Waals surface area (Å²) < 4.78 is 6.38. The van der Waals surface area contributed by atoms with Gasteiger partial charge in [0.05, 0.1) is 12.7 Å². The van der Waals surface area contributed by atoms with Gasteiger partial charge in [-0.15, -0.1) is 0 Å². The van der Waals surface area contributed by atoms with Gasteiger partial charge in [0.2, 0.25) is 0 Å². The van der Waals surface area contributed by atoms with Crippen molar-refractivity contribution in [2.24, 2.45) is 0 Å². The Bertz CT molecular complexity index is 858. The van der Waals surface area contributed by atoms with E-state index in [-0.39, 0.29) is 12.2 Å². The summed E-state index contributed by atoms with van der Waals surface area (Å²) in [6.07, 6.45) is 0.372. The van der Waals surface area contributed by atoms with Crippen molar-refractivity contribution in [1.82, 2.24) is 9.80 Å². The maximum absolute atomic E-state index is 10.4. The first-order valence-electron chi connectivity index (χ1n) is 13.7. The lowest BCUT2D eigenvalue weighted by Gasteiger charge is -2.35. The van der Waals surface area contributed by atoms with Crippen LogP contribution in [0.15, 0.2) is 91.0 Å². The minimum absolute atomic E-state index is 0.0295. The maximum Gasteiger partial charge on any atom is 0.108 e. The van der Waals surface area contributed by atoms with Crippen LogP contribution in [0.3, 0.4) is 0 Å². The number of hydrogen-bond donors (Lipinski definition) is 1. The van der Waals surface area contributed by atoms with Crippen LogP contribution >= 0.6 is 0 Å². The molecule has 1 unspecified atom stereocenters. The standard InChI is InChI=1S/C28H34N2O2.2C2H6/c31-27(24-10-4-1-5-11-24)16-17-29-18-20-30(21-19-29)22-23-32-28(25-12-6-2-7-13-25)26-14-8-3-9-15-26;2*1-2/h1-15,27-28,31H,16-23H2;2*1-2H3. The Kier molecular flexibility index (Phi) is 14.7. The second kappa shape index (κ2) is 17.9. The molecule has 1 aliphatic rings. The molecule has 0 amide bonds. The fourth-order valence-electron chi connectivity index (χ4n) is 4.32. The van der Waals surface area contributed by atoms with Gasteiger partial charge in [0.15, 0.2) is 0 Å². The topological polar surface area (TPSA) is 35.9 Å². The molecule has 1 N–H and O–H groups in total. The van der Waals surface area contributed by atoms with E-state index in [4.69, 9.17) is 4.74 Å². The molecule has 0 aliphatic carbocycles. The van der Waals surface area contributed by atoms with Gasteiger partial charge < -0.3 is 14.7 Å². The quantitative estimate of drug-likeness (QED) is 0.348. The average molecular weight is 491 g/mol. The van der Waals surface area contributed by atoms with Crippen LogP contribution in [-0.2, 0) is 4.74 Å². The molecule has 1 fully saturated rings. The molecule has 4 heteroatoms. The van der Waals surface area contributed by atoms with Crippen LogP contribution in [0.5, 0.6) is 0 Å². The van der Waals surface area contributed by atoms with Gasteiger partial charge in [0, 0.05) is 39.3 Å². The first-order valence-corrected chi connectivity index (χ1v) is 13.7. The Morgan fingerprint density at radius 2 is 1.00 bits per heavy atom. The van der Waals surface area contributed by atoms with Crippen LogP contribution in [0, 0.1) is 0 Å². The van der Waals surface area contributed by atoms with E-state index in [2.05, 4.69) is 58.3 Å². The van der Waals surface area contributed by atoms with Gasteiger partial charge in [-0.2, -0.15) is 0 Å². The normalized spacial score (nSPS) is 14.8. The summed E-state index contributed by atoms with van der Waals surface area (Å²) in [6.45, 7) is 14.8. The van der Waals surface area contributed by atoms with Gasteiger partial charge in [-0.3, -0.25) is 4.90 Å². The average Bonchev–Trinajstić information content (AvgIpc) is 2.98. The lowest BCUT2D eigenvalue weighted by Crippen LogP contribution is -2.47. The van der Waals surface area contributed by atoms with Crippen LogP contribution in [0.1, 0.15) is 63.0 Å². The molecular weight excluding hydrogens is 444 g/mol. The van der Waals surface area contributed by atoms with Gasteiger partial charge in [-0.1, -0.05) is 119 Å². The van der Waals surface area contributed by atoms with Crippen molar-refractivity contribution in [1.29, 1.82) is 0 Å². The first-order chi connectivity index (χ1) is 17.8. The third-order valence-electron chi connectivity index (χ3n) is 6.26. The van der Waals surface area contributed by atoms with E-state index in [1.807, 2.05) is 70.2 Å². The van der Waals surface area contributed by atoms with Gasteiger partial charge in [-0.05, 0) is 23.1 Å².